The fourth-order valence-corrected chi connectivity index (χ4v) is 2.27. The number of benzene rings is 1. The van der Waals surface area contributed by atoms with E-state index in [0.717, 1.165) is 0 Å². The zero-order valence-corrected chi connectivity index (χ0v) is 9.90. The van der Waals surface area contributed by atoms with Crippen molar-refractivity contribution in [1.82, 2.24) is 5.16 Å². The van der Waals surface area contributed by atoms with Gasteiger partial charge in [-0.3, -0.25) is 0 Å². The van der Waals surface area contributed by atoms with Gasteiger partial charge < -0.3 is 10.3 Å². The molecule has 0 saturated carbocycles. The lowest BCUT2D eigenvalue weighted by atomic mass is 10.1. The van der Waals surface area contributed by atoms with Crippen LogP contribution in [0.25, 0.3) is 11.3 Å². The Balaban J connectivity index is 2.52. The van der Waals surface area contributed by atoms with Gasteiger partial charge in [0.2, 0.25) is 0 Å². The van der Waals surface area contributed by atoms with Gasteiger partial charge in [-0.25, -0.2) is 4.39 Å². The van der Waals surface area contributed by atoms with Crippen molar-refractivity contribution in [3.05, 3.63) is 29.0 Å². The molecule has 6 heteroatoms. The minimum absolute atomic E-state index is 0.250. The minimum atomic E-state index is -0.384. The summed E-state index contributed by atoms with van der Waals surface area (Å²) < 4.78 is 18.5. The molecular formula is C10H8ClFN2OS. The molecule has 0 aliphatic heterocycles. The van der Waals surface area contributed by atoms with Crippen molar-refractivity contribution in [2.24, 2.45) is 0 Å². The van der Waals surface area contributed by atoms with Crippen LogP contribution < -0.4 is 5.73 Å². The van der Waals surface area contributed by atoms with Gasteiger partial charge in [0.05, 0.1) is 9.92 Å². The first-order valence-corrected chi connectivity index (χ1v) is 5.97. The average Bonchev–Trinajstić information content (AvgIpc) is 2.64. The molecule has 0 radical (unpaired) electrons. The van der Waals surface area contributed by atoms with Crippen molar-refractivity contribution < 1.29 is 8.91 Å². The van der Waals surface area contributed by atoms with Gasteiger partial charge in [0, 0.05) is 11.6 Å². The normalized spacial score (nSPS) is 10.7. The van der Waals surface area contributed by atoms with E-state index in [1.165, 1.54) is 23.9 Å². The highest BCUT2D eigenvalue weighted by atomic mass is 35.5. The molecule has 1 aromatic heterocycles. The fraction of sp³-hybridized carbons (Fsp3) is 0.100. The van der Waals surface area contributed by atoms with Gasteiger partial charge in [0.25, 0.3) is 0 Å². The molecule has 1 heterocycles. The maximum atomic E-state index is 13.6. The highest BCUT2D eigenvalue weighted by molar-refractivity contribution is 7.98. The second kappa shape index (κ2) is 4.35. The molecular weight excluding hydrogens is 251 g/mol. The number of thioether (sulfide) groups is 1. The molecule has 0 aliphatic rings. The molecule has 0 fully saturated rings. The Bertz CT molecular complexity index is 506. The number of rotatable bonds is 2. The first-order valence-electron chi connectivity index (χ1n) is 4.37. The molecule has 0 spiro atoms. The molecule has 0 atom stereocenters. The second-order valence-corrected chi connectivity index (χ2v) is 4.31. The predicted octanol–water partition coefficient (Wildman–Crippen LogP) is 3.44. The number of halogens is 2. The third-order valence-corrected chi connectivity index (χ3v) is 3.25. The summed E-state index contributed by atoms with van der Waals surface area (Å²) in [4.78, 5) is 0.415. The van der Waals surface area contributed by atoms with E-state index in [0.29, 0.717) is 21.2 Å². The van der Waals surface area contributed by atoms with Gasteiger partial charge in [-0.1, -0.05) is 16.8 Å². The Hall–Kier alpha value is -1.20. The summed E-state index contributed by atoms with van der Waals surface area (Å²) in [7, 11) is 0. The molecule has 0 saturated heterocycles. The van der Waals surface area contributed by atoms with E-state index in [2.05, 4.69) is 5.16 Å². The zero-order valence-electron chi connectivity index (χ0n) is 8.33. The fourth-order valence-electron chi connectivity index (χ4n) is 1.32. The number of nitrogen functional groups attached to an aromatic ring is 1. The van der Waals surface area contributed by atoms with Crippen LogP contribution in [-0.2, 0) is 0 Å². The van der Waals surface area contributed by atoms with Gasteiger partial charge in [0.1, 0.15) is 5.82 Å². The molecule has 0 amide bonds. The van der Waals surface area contributed by atoms with Crippen molar-refractivity contribution in [3.63, 3.8) is 0 Å². The van der Waals surface area contributed by atoms with Crippen LogP contribution in [0.1, 0.15) is 0 Å². The molecule has 0 bridgehead atoms. The molecule has 0 unspecified atom stereocenters. The second-order valence-electron chi connectivity index (χ2n) is 3.09. The van der Waals surface area contributed by atoms with Crippen LogP contribution in [0.2, 0.25) is 5.02 Å². The molecule has 0 aliphatic carbocycles. The smallest absolute Gasteiger partial charge is 0.169 e. The Morgan fingerprint density at radius 2 is 2.19 bits per heavy atom. The van der Waals surface area contributed by atoms with Crippen LogP contribution in [0.15, 0.2) is 27.6 Å². The van der Waals surface area contributed by atoms with Crippen LogP contribution in [0, 0.1) is 5.82 Å². The number of nitrogens with zero attached hydrogens (tertiary/aromatic N) is 1. The molecule has 2 N–H and O–H groups in total. The topological polar surface area (TPSA) is 52.0 Å². The van der Waals surface area contributed by atoms with E-state index < -0.39 is 0 Å². The molecule has 3 nitrogen and oxygen atoms in total. The van der Waals surface area contributed by atoms with Crippen LogP contribution in [0.5, 0.6) is 0 Å². The lowest BCUT2D eigenvalue weighted by Gasteiger charge is -2.04. The highest BCUT2D eigenvalue weighted by Crippen LogP contribution is 2.33. The number of nitrogens with two attached hydrogens (primary N) is 1. The van der Waals surface area contributed by atoms with Gasteiger partial charge >= 0.3 is 0 Å². The van der Waals surface area contributed by atoms with Crippen molar-refractivity contribution in [2.75, 3.05) is 12.0 Å². The van der Waals surface area contributed by atoms with E-state index in [1.807, 2.05) is 0 Å². The molecule has 16 heavy (non-hydrogen) atoms. The maximum absolute atomic E-state index is 13.6. The average molecular weight is 259 g/mol. The van der Waals surface area contributed by atoms with Gasteiger partial charge in [0.15, 0.2) is 11.6 Å². The standard InChI is InChI=1S/C10H8ClFN2OS/c1-16-10-6(11)2-5(3-7(10)12)8-4-9(13)14-15-8/h2-4H,1H3,(H2,13,14). The number of anilines is 1. The maximum Gasteiger partial charge on any atom is 0.169 e. The highest BCUT2D eigenvalue weighted by Gasteiger charge is 2.12. The predicted molar refractivity (Wildman–Crippen MR) is 63.1 cm³/mol. The molecule has 84 valence electrons. The van der Waals surface area contributed by atoms with Gasteiger partial charge in [-0.15, -0.1) is 11.8 Å². The monoisotopic (exact) mass is 258 g/mol. The number of hydrogen-bond donors (Lipinski definition) is 1. The number of aromatic nitrogens is 1. The van der Waals surface area contributed by atoms with E-state index in [4.69, 9.17) is 21.9 Å². The summed E-state index contributed by atoms with van der Waals surface area (Å²) in [6, 6.07) is 4.48. The SMILES string of the molecule is CSc1c(F)cc(-c2cc(N)no2)cc1Cl. The third kappa shape index (κ3) is 2.01. The molecule has 2 aromatic rings. The van der Waals surface area contributed by atoms with Crippen molar-refractivity contribution >= 4 is 29.2 Å². The third-order valence-electron chi connectivity index (χ3n) is 2.02. The lowest BCUT2D eigenvalue weighted by Crippen LogP contribution is -1.85. The first-order chi connectivity index (χ1) is 7.61. The first kappa shape index (κ1) is 11.3. The van der Waals surface area contributed by atoms with Gasteiger partial charge in [-0.2, -0.15) is 0 Å². The van der Waals surface area contributed by atoms with Crippen molar-refractivity contribution in [2.45, 2.75) is 4.90 Å². The van der Waals surface area contributed by atoms with E-state index in [1.54, 1.807) is 12.3 Å². The van der Waals surface area contributed by atoms with Crippen molar-refractivity contribution in [3.8, 4) is 11.3 Å². The quantitative estimate of drug-likeness (QED) is 0.839. The minimum Gasteiger partial charge on any atom is -0.381 e. The molecule has 1 aromatic carbocycles. The summed E-state index contributed by atoms with van der Waals surface area (Å²) in [5.74, 6) is 0.261. The van der Waals surface area contributed by atoms with Crippen LogP contribution in [-0.4, -0.2) is 11.4 Å². The van der Waals surface area contributed by atoms with Crippen LogP contribution in [0.3, 0.4) is 0 Å². The summed E-state index contributed by atoms with van der Waals surface area (Å²) in [6.45, 7) is 0. The summed E-state index contributed by atoms with van der Waals surface area (Å²) in [5, 5.41) is 3.87. The zero-order chi connectivity index (χ0) is 11.7. The van der Waals surface area contributed by atoms with E-state index in [-0.39, 0.29) is 11.6 Å². The Labute approximate surface area is 101 Å². The largest absolute Gasteiger partial charge is 0.381 e. The Morgan fingerprint density at radius 3 is 2.69 bits per heavy atom. The molecule has 2 rings (SSSR count). The van der Waals surface area contributed by atoms with Crippen LogP contribution in [0.4, 0.5) is 10.2 Å². The van der Waals surface area contributed by atoms with Gasteiger partial charge in [-0.05, 0) is 18.4 Å². The Morgan fingerprint density at radius 1 is 1.44 bits per heavy atom. The van der Waals surface area contributed by atoms with E-state index in [9.17, 15) is 4.39 Å². The lowest BCUT2D eigenvalue weighted by molar-refractivity contribution is 0.435. The summed E-state index contributed by atoms with van der Waals surface area (Å²) >= 11 is 7.19. The summed E-state index contributed by atoms with van der Waals surface area (Å²) in [6.07, 6.45) is 1.76. The Kier molecular flexibility index (Phi) is 3.07. The van der Waals surface area contributed by atoms with E-state index >= 15 is 0 Å². The van der Waals surface area contributed by atoms with Crippen molar-refractivity contribution in [1.29, 1.82) is 0 Å². The number of hydrogen-bond acceptors (Lipinski definition) is 4. The van der Waals surface area contributed by atoms with Crippen LogP contribution >= 0.6 is 23.4 Å². The summed E-state index contributed by atoms with van der Waals surface area (Å²) in [5.41, 5.74) is 5.93.